The lowest BCUT2D eigenvalue weighted by molar-refractivity contribution is 1.18. The van der Waals surface area contributed by atoms with Gasteiger partial charge in [0.05, 0.1) is 27.8 Å². The molecular weight excluding hydrogens is 629 g/mol. The van der Waals surface area contributed by atoms with E-state index in [1.54, 1.807) is 0 Å². The molecule has 0 aliphatic heterocycles. The Balaban J connectivity index is 1.07. The quantitative estimate of drug-likeness (QED) is 0.166. The van der Waals surface area contributed by atoms with Crippen LogP contribution in [0.15, 0.2) is 194 Å². The Kier molecular flexibility index (Phi) is 6.28. The van der Waals surface area contributed by atoms with E-state index in [1.165, 1.54) is 93.1 Å². The first kappa shape index (κ1) is 28.9. The van der Waals surface area contributed by atoms with Crippen LogP contribution in [0.4, 0.5) is 0 Å². The zero-order chi connectivity index (χ0) is 34.2. The Morgan fingerprint density at radius 3 is 1.48 bits per heavy atom. The van der Waals surface area contributed by atoms with Gasteiger partial charge in [-0.2, -0.15) is 0 Å². The third kappa shape index (κ3) is 4.31. The van der Waals surface area contributed by atoms with Gasteiger partial charge in [-0.1, -0.05) is 140 Å². The minimum atomic E-state index is 1.16. The Hall–Kier alpha value is -6.90. The molecule has 9 aromatic carbocycles. The summed E-state index contributed by atoms with van der Waals surface area (Å²) in [5.41, 5.74) is 12.1. The zero-order valence-electron chi connectivity index (χ0n) is 28.4. The van der Waals surface area contributed by atoms with E-state index in [9.17, 15) is 0 Å². The van der Waals surface area contributed by atoms with E-state index < -0.39 is 0 Å². The molecular formula is C50H32N2. The molecule has 0 aliphatic carbocycles. The average molecular weight is 661 g/mol. The maximum atomic E-state index is 2.45. The normalized spacial score (nSPS) is 11.8. The van der Waals surface area contributed by atoms with Crippen LogP contribution in [-0.2, 0) is 0 Å². The van der Waals surface area contributed by atoms with Gasteiger partial charge in [0, 0.05) is 32.6 Å². The Bertz CT molecular complexity index is 3160. The molecule has 11 rings (SSSR count). The maximum absolute atomic E-state index is 2.45. The lowest BCUT2D eigenvalue weighted by Gasteiger charge is -2.13. The van der Waals surface area contributed by atoms with Gasteiger partial charge >= 0.3 is 0 Å². The number of hydrogen-bond acceptors (Lipinski definition) is 0. The fourth-order valence-corrected chi connectivity index (χ4v) is 8.49. The van der Waals surface area contributed by atoms with E-state index in [0.717, 1.165) is 5.69 Å². The molecule has 0 spiro atoms. The molecule has 0 fully saturated rings. The van der Waals surface area contributed by atoms with Gasteiger partial charge in [-0.05, 0) is 93.0 Å². The van der Waals surface area contributed by atoms with Crippen molar-refractivity contribution in [2.75, 3.05) is 0 Å². The highest BCUT2D eigenvalue weighted by molar-refractivity contribution is 6.15. The van der Waals surface area contributed by atoms with Crippen molar-refractivity contribution in [3.8, 4) is 33.6 Å². The van der Waals surface area contributed by atoms with Gasteiger partial charge in [-0.3, -0.25) is 0 Å². The number of para-hydroxylation sites is 2. The predicted octanol–water partition coefficient (Wildman–Crippen LogP) is 13.5. The number of rotatable bonds is 4. The summed E-state index contributed by atoms with van der Waals surface area (Å²) in [5, 5.41) is 10.1. The Labute approximate surface area is 301 Å². The molecule has 52 heavy (non-hydrogen) atoms. The first-order valence-electron chi connectivity index (χ1n) is 17.9. The van der Waals surface area contributed by atoms with Crippen molar-refractivity contribution in [3.05, 3.63) is 194 Å². The summed E-state index contributed by atoms with van der Waals surface area (Å²) in [6.07, 6.45) is 0. The van der Waals surface area contributed by atoms with Crippen LogP contribution in [0.25, 0.3) is 98.8 Å². The summed E-state index contributed by atoms with van der Waals surface area (Å²) < 4.78 is 4.85. The Morgan fingerprint density at radius 1 is 0.250 bits per heavy atom. The van der Waals surface area contributed by atoms with Crippen molar-refractivity contribution >= 4 is 65.2 Å². The van der Waals surface area contributed by atoms with Crippen molar-refractivity contribution in [3.63, 3.8) is 0 Å². The third-order valence-corrected chi connectivity index (χ3v) is 10.9. The molecule has 0 saturated heterocycles. The first-order valence-corrected chi connectivity index (χ1v) is 17.9. The van der Waals surface area contributed by atoms with E-state index in [-0.39, 0.29) is 0 Å². The largest absolute Gasteiger partial charge is 0.309 e. The number of nitrogens with zero attached hydrogens (tertiary/aromatic N) is 2. The van der Waals surface area contributed by atoms with Crippen LogP contribution < -0.4 is 0 Å². The minimum absolute atomic E-state index is 1.16. The highest BCUT2D eigenvalue weighted by Crippen LogP contribution is 2.40. The molecule has 2 nitrogen and oxygen atoms in total. The molecule has 2 heteroatoms. The van der Waals surface area contributed by atoms with Crippen LogP contribution in [0, 0.1) is 0 Å². The van der Waals surface area contributed by atoms with Crippen LogP contribution in [0.1, 0.15) is 0 Å². The van der Waals surface area contributed by atoms with Crippen molar-refractivity contribution in [1.29, 1.82) is 0 Å². The molecule has 0 amide bonds. The van der Waals surface area contributed by atoms with E-state index in [0.29, 0.717) is 0 Å². The second kappa shape index (κ2) is 11.3. The number of aromatic nitrogens is 2. The molecule has 2 aromatic heterocycles. The monoisotopic (exact) mass is 660 g/mol. The number of benzene rings is 9. The van der Waals surface area contributed by atoms with Crippen LogP contribution >= 0.6 is 0 Å². The van der Waals surface area contributed by atoms with E-state index in [4.69, 9.17) is 0 Å². The Morgan fingerprint density at radius 2 is 0.769 bits per heavy atom. The van der Waals surface area contributed by atoms with Crippen molar-refractivity contribution in [2.45, 2.75) is 0 Å². The van der Waals surface area contributed by atoms with Gasteiger partial charge in [-0.25, -0.2) is 0 Å². The molecule has 242 valence electrons. The smallest absolute Gasteiger partial charge is 0.0541 e. The van der Waals surface area contributed by atoms with Gasteiger partial charge in [0.15, 0.2) is 0 Å². The van der Waals surface area contributed by atoms with E-state index in [2.05, 4.69) is 203 Å². The van der Waals surface area contributed by atoms with Gasteiger partial charge in [0.25, 0.3) is 0 Å². The average Bonchev–Trinajstić information content (AvgIpc) is 3.73. The number of fused-ring (bicyclic) bond motifs is 9. The molecule has 0 N–H and O–H groups in total. The van der Waals surface area contributed by atoms with Crippen LogP contribution in [0.2, 0.25) is 0 Å². The second-order valence-electron chi connectivity index (χ2n) is 13.7. The summed E-state index contributed by atoms with van der Waals surface area (Å²) >= 11 is 0. The highest BCUT2D eigenvalue weighted by atomic mass is 15.0. The minimum Gasteiger partial charge on any atom is -0.309 e. The molecule has 2 heterocycles. The molecule has 0 bridgehead atoms. The molecule has 0 aliphatic rings. The van der Waals surface area contributed by atoms with Crippen molar-refractivity contribution in [1.82, 2.24) is 9.13 Å². The summed E-state index contributed by atoms with van der Waals surface area (Å²) in [6, 6.07) is 71.0. The van der Waals surface area contributed by atoms with Gasteiger partial charge in [0.2, 0.25) is 0 Å². The van der Waals surface area contributed by atoms with Gasteiger partial charge in [0.1, 0.15) is 0 Å². The fourth-order valence-electron chi connectivity index (χ4n) is 8.49. The first-order chi connectivity index (χ1) is 25.8. The molecule has 0 atom stereocenters. The van der Waals surface area contributed by atoms with Crippen LogP contribution in [0.5, 0.6) is 0 Å². The van der Waals surface area contributed by atoms with E-state index >= 15 is 0 Å². The topological polar surface area (TPSA) is 9.86 Å². The van der Waals surface area contributed by atoms with Crippen molar-refractivity contribution < 1.29 is 0 Å². The van der Waals surface area contributed by atoms with Gasteiger partial charge < -0.3 is 9.13 Å². The summed E-state index contributed by atoms with van der Waals surface area (Å²) in [4.78, 5) is 0. The van der Waals surface area contributed by atoms with Gasteiger partial charge in [-0.15, -0.1) is 0 Å². The lowest BCUT2D eigenvalue weighted by Crippen LogP contribution is -1.95. The van der Waals surface area contributed by atoms with Crippen LogP contribution in [0.3, 0.4) is 0 Å². The summed E-state index contributed by atoms with van der Waals surface area (Å²) in [6.45, 7) is 0. The van der Waals surface area contributed by atoms with Crippen LogP contribution in [-0.4, -0.2) is 9.13 Å². The summed E-state index contributed by atoms with van der Waals surface area (Å²) in [7, 11) is 0. The number of hydrogen-bond donors (Lipinski definition) is 0. The maximum Gasteiger partial charge on any atom is 0.0541 e. The summed E-state index contributed by atoms with van der Waals surface area (Å²) in [5.74, 6) is 0. The van der Waals surface area contributed by atoms with E-state index in [1.807, 2.05) is 0 Å². The molecule has 11 aromatic rings. The zero-order valence-corrected chi connectivity index (χ0v) is 28.4. The van der Waals surface area contributed by atoms with Crippen molar-refractivity contribution in [2.24, 2.45) is 0 Å². The standard InChI is InChI=1S/C50H32N2/c1-2-11-33(12-3-1)34-21-26-38(27-22-34)51-46-18-8-6-15-41(46)44-31-36(24-29-49(44)51)37-25-30-50-45(32-37)42-16-7-9-19-47(42)52(50)48-20-10-17-40-39-14-5-4-13-35(39)23-28-43(40)48/h1-32H. The molecule has 0 unspecified atom stereocenters. The molecule has 0 saturated carbocycles. The third-order valence-electron chi connectivity index (χ3n) is 10.9. The molecule has 0 radical (unpaired) electrons. The SMILES string of the molecule is c1ccc(-c2ccc(-n3c4ccccc4c4cc(-c5ccc6c(c5)c5ccccc5n6-c5cccc6c5ccc5ccccc56)ccc43)cc2)cc1. The predicted molar refractivity (Wildman–Crippen MR) is 221 cm³/mol. The fraction of sp³-hybridized carbons (Fsp3) is 0. The second-order valence-corrected chi connectivity index (χ2v) is 13.7. The highest BCUT2D eigenvalue weighted by Gasteiger charge is 2.17. The lowest BCUT2D eigenvalue weighted by atomic mass is 10.00.